The average Bonchev–Trinajstić information content (AvgIpc) is 2.91. The van der Waals surface area contributed by atoms with Crippen molar-refractivity contribution in [3.63, 3.8) is 0 Å². The number of hydrogen-bond donors (Lipinski definition) is 0. The molecule has 0 aliphatic rings. The van der Waals surface area contributed by atoms with Gasteiger partial charge in [0.2, 0.25) is 5.91 Å². The first-order chi connectivity index (χ1) is 8.79. The number of hydrogen-bond acceptors (Lipinski definition) is 3. The smallest absolute Gasteiger partial charge is 0.232 e. The van der Waals surface area contributed by atoms with Crippen LogP contribution in [0.2, 0.25) is 0 Å². The maximum atomic E-state index is 11.8. The van der Waals surface area contributed by atoms with Crippen molar-refractivity contribution < 1.29 is 9.53 Å². The van der Waals surface area contributed by atoms with E-state index in [1.807, 2.05) is 31.2 Å². The van der Waals surface area contributed by atoms with Gasteiger partial charge in [-0.3, -0.25) is 9.36 Å². The lowest BCUT2D eigenvalue weighted by Crippen LogP contribution is -2.09. The van der Waals surface area contributed by atoms with Crippen LogP contribution in [-0.4, -0.2) is 22.1 Å². The SMILES string of the molecule is CCOc1cccc(CCC(=O)n2ccnc2)c1. The van der Waals surface area contributed by atoms with Crippen LogP contribution in [0.3, 0.4) is 0 Å². The van der Waals surface area contributed by atoms with E-state index in [0.29, 0.717) is 19.4 Å². The van der Waals surface area contributed by atoms with Gasteiger partial charge in [0.05, 0.1) is 6.61 Å². The molecule has 0 N–H and O–H groups in total. The summed E-state index contributed by atoms with van der Waals surface area (Å²) >= 11 is 0. The zero-order valence-electron chi connectivity index (χ0n) is 10.4. The lowest BCUT2D eigenvalue weighted by atomic mass is 10.1. The van der Waals surface area contributed by atoms with Crippen LogP contribution < -0.4 is 4.74 Å². The summed E-state index contributed by atoms with van der Waals surface area (Å²) in [5, 5.41) is 0. The molecule has 0 spiro atoms. The third-order valence-corrected chi connectivity index (χ3v) is 2.63. The normalized spacial score (nSPS) is 10.3. The van der Waals surface area contributed by atoms with Gasteiger partial charge in [0, 0.05) is 18.8 Å². The summed E-state index contributed by atoms with van der Waals surface area (Å²) < 4.78 is 6.93. The predicted molar refractivity (Wildman–Crippen MR) is 68.8 cm³/mol. The fraction of sp³-hybridized carbons (Fsp3) is 0.286. The Kier molecular flexibility index (Phi) is 4.12. The highest BCUT2D eigenvalue weighted by Crippen LogP contribution is 2.14. The van der Waals surface area contributed by atoms with Gasteiger partial charge in [0.25, 0.3) is 0 Å². The summed E-state index contributed by atoms with van der Waals surface area (Å²) in [6.45, 7) is 2.60. The molecule has 1 aromatic carbocycles. The second kappa shape index (κ2) is 6.00. The molecule has 0 aliphatic heterocycles. The molecule has 0 saturated carbocycles. The van der Waals surface area contributed by atoms with Crippen LogP contribution in [0.4, 0.5) is 0 Å². The number of rotatable bonds is 5. The van der Waals surface area contributed by atoms with E-state index in [2.05, 4.69) is 4.98 Å². The largest absolute Gasteiger partial charge is 0.494 e. The minimum atomic E-state index is 0.0503. The zero-order valence-corrected chi connectivity index (χ0v) is 10.4. The van der Waals surface area contributed by atoms with Crippen molar-refractivity contribution in [1.29, 1.82) is 0 Å². The topological polar surface area (TPSA) is 44.1 Å². The van der Waals surface area contributed by atoms with Crippen molar-refractivity contribution in [1.82, 2.24) is 9.55 Å². The van der Waals surface area contributed by atoms with Gasteiger partial charge in [-0.15, -0.1) is 0 Å². The van der Waals surface area contributed by atoms with Gasteiger partial charge in [-0.2, -0.15) is 0 Å². The maximum absolute atomic E-state index is 11.8. The van der Waals surface area contributed by atoms with Gasteiger partial charge >= 0.3 is 0 Å². The van der Waals surface area contributed by atoms with Gasteiger partial charge < -0.3 is 4.74 Å². The number of aromatic nitrogens is 2. The molecule has 0 saturated heterocycles. The highest BCUT2D eigenvalue weighted by Gasteiger charge is 2.05. The number of nitrogens with zero attached hydrogens (tertiary/aromatic N) is 2. The molecule has 1 heterocycles. The molecule has 4 heteroatoms. The molecule has 0 unspecified atom stereocenters. The van der Waals surface area contributed by atoms with E-state index in [0.717, 1.165) is 11.3 Å². The first kappa shape index (κ1) is 12.4. The Morgan fingerprint density at radius 1 is 1.44 bits per heavy atom. The van der Waals surface area contributed by atoms with Crippen molar-refractivity contribution >= 4 is 5.91 Å². The summed E-state index contributed by atoms with van der Waals surface area (Å²) in [7, 11) is 0. The zero-order chi connectivity index (χ0) is 12.8. The second-order valence-electron chi connectivity index (χ2n) is 3.94. The monoisotopic (exact) mass is 244 g/mol. The number of benzene rings is 1. The predicted octanol–water partition coefficient (Wildman–Crippen LogP) is 2.55. The van der Waals surface area contributed by atoms with Crippen LogP contribution in [-0.2, 0) is 6.42 Å². The van der Waals surface area contributed by atoms with Gasteiger partial charge in [-0.1, -0.05) is 12.1 Å². The van der Waals surface area contributed by atoms with Gasteiger partial charge in [-0.25, -0.2) is 4.98 Å². The van der Waals surface area contributed by atoms with E-state index in [4.69, 9.17) is 4.74 Å². The molecule has 0 radical (unpaired) electrons. The molecule has 4 nitrogen and oxygen atoms in total. The Labute approximate surface area is 106 Å². The molecule has 94 valence electrons. The highest BCUT2D eigenvalue weighted by atomic mass is 16.5. The van der Waals surface area contributed by atoms with Crippen molar-refractivity contribution in [3.8, 4) is 5.75 Å². The van der Waals surface area contributed by atoms with Gasteiger partial charge in [0.1, 0.15) is 12.1 Å². The fourth-order valence-electron chi connectivity index (χ4n) is 1.74. The van der Waals surface area contributed by atoms with E-state index < -0.39 is 0 Å². The minimum absolute atomic E-state index is 0.0503. The molecule has 0 bridgehead atoms. The lowest BCUT2D eigenvalue weighted by molar-refractivity contribution is 0.0903. The summed E-state index contributed by atoms with van der Waals surface area (Å²) in [6, 6.07) is 7.85. The molecule has 0 fully saturated rings. The Bertz CT molecular complexity index is 506. The molecule has 2 rings (SSSR count). The molecule has 0 amide bonds. The quantitative estimate of drug-likeness (QED) is 0.812. The third kappa shape index (κ3) is 3.20. The lowest BCUT2D eigenvalue weighted by Gasteiger charge is -2.06. The highest BCUT2D eigenvalue weighted by molar-refractivity contribution is 5.78. The first-order valence-electron chi connectivity index (χ1n) is 6.02. The van der Waals surface area contributed by atoms with E-state index in [-0.39, 0.29) is 5.91 Å². The fourth-order valence-corrected chi connectivity index (χ4v) is 1.74. The van der Waals surface area contributed by atoms with Gasteiger partial charge in [0.15, 0.2) is 0 Å². The van der Waals surface area contributed by atoms with E-state index >= 15 is 0 Å². The average molecular weight is 244 g/mol. The summed E-state index contributed by atoms with van der Waals surface area (Å²) in [5.74, 6) is 0.902. The Balaban J connectivity index is 1.93. The van der Waals surface area contributed by atoms with Crippen molar-refractivity contribution in [2.75, 3.05) is 6.61 Å². The van der Waals surface area contributed by atoms with E-state index in [1.165, 1.54) is 10.9 Å². The number of carbonyl (C=O) groups is 1. The van der Waals surface area contributed by atoms with Crippen LogP contribution in [0.5, 0.6) is 5.75 Å². The van der Waals surface area contributed by atoms with Gasteiger partial charge in [-0.05, 0) is 31.0 Å². The molecule has 1 aromatic heterocycles. The number of aryl methyl sites for hydroxylation is 1. The van der Waals surface area contributed by atoms with Crippen molar-refractivity contribution in [2.45, 2.75) is 19.8 Å². The number of carbonyl (C=O) groups excluding carboxylic acids is 1. The molecule has 18 heavy (non-hydrogen) atoms. The van der Waals surface area contributed by atoms with E-state index in [9.17, 15) is 4.79 Å². The van der Waals surface area contributed by atoms with Crippen molar-refractivity contribution in [2.24, 2.45) is 0 Å². The summed E-state index contributed by atoms with van der Waals surface area (Å²) in [6.07, 6.45) is 5.97. The third-order valence-electron chi connectivity index (χ3n) is 2.63. The Hall–Kier alpha value is -2.10. The minimum Gasteiger partial charge on any atom is -0.494 e. The Morgan fingerprint density at radius 3 is 3.06 bits per heavy atom. The van der Waals surface area contributed by atoms with Crippen molar-refractivity contribution in [3.05, 3.63) is 48.5 Å². The number of imidazole rings is 1. The molecular weight excluding hydrogens is 228 g/mol. The van der Waals surface area contributed by atoms with Crippen LogP contribution in [0.25, 0.3) is 0 Å². The first-order valence-corrected chi connectivity index (χ1v) is 6.02. The standard InChI is InChI=1S/C14H16N2O2/c1-2-18-13-5-3-4-12(10-13)6-7-14(17)16-9-8-15-11-16/h3-5,8-11H,2,6-7H2,1H3. The van der Waals surface area contributed by atoms with Crippen LogP contribution in [0.1, 0.15) is 23.7 Å². The van der Waals surface area contributed by atoms with Crippen LogP contribution in [0.15, 0.2) is 43.0 Å². The maximum Gasteiger partial charge on any atom is 0.232 e. The summed E-state index contributed by atoms with van der Waals surface area (Å²) in [4.78, 5) is 15.6. The number of ether oxygens (including phenoxy) is 1. The van der Waals surface area contributed by atoms with Crippen LogP contribution >= 0.6 is 0 Å². The molecule has 2 aromatic rings. The van der Waals surface area contributed by atoms with E-state index in [1.54, 1.807) is 12.4 Å². The summed E-state index contributed by atoms with van der Waals surface area (Å²) in [5.41, 5.74) is 1.11. The Morgan fingerprint density at radius 2 is 2.33 bits per heavy atom. The van der Waals surface area contributed by atoms with Crippen LogP contribution in [0, 0.1) is 0 Å². The molecular formula is C14H16N2O2. The second-order valence-corrected chi connectivity index (χ2v) is 3.94. The molecule has 0 atom stereocenters. The molecule has 0 aliphatic carbocycles.